The van der Waals surface area contributed by atoms with Gasteiger partial charge in [0.25, 0.3) is 0 Å². The van der Waals surface area contributed by atoms with Gasteiger partial charge in [0.05, 0.1) is 34.7 Å². The van der Waals surface area contributed by atoms with E-state index in [1.54, 1.807) is 4.90 Å². The van der Waals surface area contributed by atoms with Crippen molar-refractivity contribution in [3.63, 3.8) is 0 Å². The second-order valence-electron chi connectivity index (χ2n) is 8.68. The standard InChI is InChI=1S/C23H27N3O4S/c27-20(11-12-25-21(28)16-7-1-2-8-17(16)22(25)29)26(14-15-6-5-13-30-15)23-24-18-9-3-4-10-19(18)31-23/h3-4,9-10,15-17H,1-2,5-8,11-14H2/t15-,16+,17+/m0/s1. The zero-order valence-electron chi connectivity index (χ0n) is 17.5. The molecule has 0 unspecified atom stereocenters. The highest BCUT2D eigenvalue weighted by Crippen LogP contribution is 2.38. The van der Waals surface area contributed by atoms with Crippen LogP contribution in [0.5, 0.6) is 0 Å². The molecule has 0 radical (unpaired) electrons. The van der Waals surface area contributed by atoms with Crippen LogP contribution in [0, 0.1) is 11.8 Å². The molecule has 1 aromatic carbocycles. The topological polar surface area (TPSA) is 79.8 Å². The molecule has 0 N–H and O–H groups in total. The lowest BCUT2D eigenvalue weighted by Crippen LogP contribution is -2.40. The molecule has 8 heteroatoms. The third kappa shape index (κ3) is 3.99. The Hall–Kier alpha value is -2.32. The maximum Gasteiger partial charge on any atom is 0.233 e. The minimum atomic E-state index is -0.177. The number of thiazole rings is 1. The van der Waals surface area contributed by atoms with Gasteiger partial charge in [-0.3, -0.25) is 24.2 Å². The van der Waals surface area contributed by atoms with Crippen molar-refractivity contribution in [2.75, 3.05) is 24.6 Å². The third-order valence-corrected chi connectivity index (χ3v) is 7.77. The zero-order chi connectivity index (χ0) is 21.4. The summed E-state index contributed by atoms with van der Waals surface area (Å²) >= 11 is 1.48. The Balaban J connectivity index is 1.32. The van der Waals surface area contributed by atoms with Crippen LogP contribution in [0.15, 0.2) is 24.3 Å². The third-order valence-electron chi connectivity index (χ3n) is 6.71. The van der Waals surface area contributed by atoms with Gasteiger partial charge < -0.3 is 4.74 Å². The monoisotopic (exact) mass is 441 g/mol. The van der Waals surface area contributed by atoms with Gasteiger partial charge in [0.2, 0.25) is 17.7 Å². The molecule has 2 saturated heterocycles. The number of rotatable bonds is 6. The van der Waals surface area contributed by atoms with E-state index in [9.17, 15) is 14.4 Å². The van der Waals surface area contributed by atoms with Crippen LogP contribution >= 0.6 is 11.3 Å². The molecule has 0 bridgehead atoms. The van der Waals surface area contributed by atoms with Crippen molar-refractivity contribution >= 4 is 44.4 Å². The van der Waals surface area contributed by atoms with Crippen molar-refractivity contribution in [2.24, 2.45) is 11.8 Å². The van der Waals surface area contributed by atoms with Crippen LogP contribution in [0.4, 0.5) is 5.13 Å². The van der Waals surface area contributed by atoms with Crippen molar-refractivity contribution in [3.8, 4) is 0 Å². The molecule has 2 aliphatic heterocycles. The zero-order valence-corrected chi connectivity index (χ0v) is 18.3. The van der Waals surface area contributed by atoms with E-state index in [0.29, 0.717) is 18.3 Å². The van der Waals surface area contributed by atoms with E-state index < -0.39 is 0 Å². The fourth-order valence-corrected chi connectivity index (χ4v) is 6.04. The van der Waals surface area contributed by atoms with E-state index >= 15 is 0 Å². The summed E-state index contributed by atoms with van der Waals surface area (Å²) in [7, 11) is 0. The van der Waals surface area contributed by atoms with E-state index in [-0.39, 0.29) is 48.6 Å². The number of benzene rings is 1. The first-order valence-corrected chi connectivity index (χ1v) is 12.1. The number of ether oxygens (including phenoxy) is 1. The SMILES string of the molecule is O=C1[C@@H]2CCCC[C@H]2C(=O)N1CCC(=O)N(C[C@@H]1CCCO1)c1nc2ccccc2s1. The first kappa shape index (κ1) is 20.6. The molecule has 7 nitrogen and oxygen atoms in total. The highest BCUT2D eigenvalue weighted by Gasteiger charge is 2.48. The molecule has 3 aliphatic rings. The molecule has 1 aromatic heterocycles. The number of hydrogen-bond acceptors (Lipinski definition) is 6. The summed E-state index contributed by atoms with van der Waals surface area (Å²) in [6.07, 6.45) is 5.59. The summed E-state index contributed by atoms with van der Waals surface area (Å²) in [5.74, 6) is -0.654. The van der Waals surface area contributed by atoms with Gasteiger partial charge in [0.15, 0.2) is 5.13 Å². The maximum atomic E-state index is 13.3. The minimum Gasteiger partial charge on any atom is -0.376 e. The molecule has 5 rings (SSSR count). The van der Waals surface area contributed by atoms with E-state index in [1.807, 2.05) is 24.3 Å². The Morgan fingerprint density at radius 2 is 1.84 bits per heavy atom. The summed E-state index contributed by atoms with van der Waals surface area (Å²) in [5, 5.41) is 0.648. The average molecular weight is 442 g/mol. The first-order valence-electron chi connectivity index (χ1n) is 11.2. The van der Waals surface area contributed by atoms with Crippen LogP contribution in [0.2, 0.25) is 0 Å². The van der Waals surface area contributed by atoms with E-state index in [1.165, 1.54) is 16.2 Å². The molecule has 31 heavy (non-hydrogen) atoms. The van der Waals surface area contributed by atoms with Crippen LogP contribution in [0.1, 0.15) is 44.9 Å². The number of para-hydroxylation sites is 1. The number of imide groups is 1. The summed E-state index contributed by atoms with van der Waals surface area (Å²) in [6.45, 7) is 1.31. The van der Waals surface area contributed by atoms with Gasteiger partial charge in [-0.2, -0.15) is 0 Å². The Bertz CT molecular complexity index is 943. The van der Waals surface area contributed by atoms with E-state index in [0.717, 1.165) is 48.7 Å². The minimum absolute atomic E-state index is 0.00566. The van der Waals surface area contributed by atoms with Crippen LogP contribution in [0.25, 0.3) is 10.2 Å². The first-order chi connectivity index (χ1) is 15.1. The highest BCUT2D eigenvalue weighted by molar-refractivity contribution is 7.22. The molecule has 3 atom stereocenters. The number of anilines is 1. The Kier molecular flexibility index (Phi) is 5.75. The molecule has 2 aromatic rings. The molecule has 1 saturated carbocycles. The second kappa shape index (κ2) is 8.67. The van der Waals surface area contributed by atoms with Crippen LogP contribution in [-0.2, 0) is 19.1 Å². The fourth-order valence-electron chi connectivity index (χ4n) is 5.05. The Labute approximate surface area is 185 Å². The number of nitrogens with zero attached hydrogens (tertiary/aromatic N) is 3. The largest absolute Gasteiger partial charge is 0.376 e. The van der Waals surface area contributed by atoms with E-state index in [4.69, 9.17) is 4.74 Å². The number of fused-ring (bicyclic) bond motifs is 2. The Morgan fingerprint density at radius 3 is 2.52 bits per heavy atom. The molecule has 3 heterocycles. The van der Waals surface area contributed by atoms with Gasteiger partial charge in [0.1, 0.15) is 0 Å². The average Bonchev–Trinajstić information content (AvgIpc) is 3.50. The quantitative estimate of drug-likeness (QED) is 0.642. The number of carbonyl (C=O) groups excluding carboxylic acids is 3. The van der Waals surface area contributed by atoms with Gasteiger partial charge in [-0.1, -0.05) is 36.3 Å². The van der Waals surface area contributed by atoms with Crippen molar-refractivity contribution in [3.05, 3.63) is 24.3 Å². The molecule has 164 valence electrons. The summed E-state index contributed by atoms with van der Waals surface area (Å²) in [6, 6.07) is 7.82. The smallest absolute Gasteiger partial charge is 0.233 e. The van der Waals surface area contributed by atoms with Crippen molar-refractivity contribution in [2.45, 2.75) is 51.0 Å². The van der Waals surface area contributed by atoms with Crippen LogP contribution in [0.3, 0.4) is 0 Å². The fraction of sp³-hybridized carbons (Fsp3) is 0.565. The highest BCUT2D eigenvalue weighted by atomic mass is 32.1. The number of carbonyl (C=O) groups is 3. The van der Waals surface area contributed by atoms with Gasteiger partial charge in [-0.05, 0) is 37.8 Å². The molecule has 1 aliphatic carbocycles. The van der Waals surface area contributed by atoms with Gasteiger partial charge in [0, 0.05) is 19.6 Å². The number of likely N-dealkylation sites (tertiary alicyclic amines) is 1. The van der Waals surface area contributed by atoms with Gasteiger partial charge in [-0.15, -0.1) is 0 Å². The molecular weight excluding hydrogens is 414 g/mol. The van der Waals surface area contributed by atoms with Gasteiger partial charge in [-0.25, -0.2) is 4.98 Å². The molecular formula is C23H27N3O4S. The lowest BCUT2D eigenvalue weighted by Gasteiger charge is -2.24. The van der Waals surface area contributed by atoms with Crippen LogP contribution < -0.4 is 4.90 Å². The van der Waals surface area contributed by atoms with E-state index in [2.05, 4.69) is 4.98 Å². The lowest BCUT2D eigenvalue weighted by molar-refractivity contribution is -0.140. The van der Waals surface area contributed by atoms with Crippen molar-refractivity contribution in [1.82, 2.24) is 9.88 Å². The normalized spacial score (nSPS) is 25.9. The predicted molar refractivity (Wildman–Crippen MR) is 118 cm³/mol. The molecule has 3 amide bonds. The number of hydrogen-bond donors (Lipinski definition) is 0. The summed E-state index contributed by atoms with van der Waals surface area (Å²) in [4.78, 5) is 46.5. The number of aromatic nitrogens is 1. The Morgan fingerprint density at radius 1 is 1.10 bits per heavy atom. The van der Waals surface area contributed by atoms with Crippen LogP contribution in [-0.4, -0.2) is 53.4 Å². The van der Waals surface area contributed by atoms with Gasteiger partial charge >= 0.3 is 0 Å². The maximum absolute atomic E-state index is 13.3. The summed E-state index contributed by atoms with van der Waals surface area (Å²) in [5.41, 5.74) is 0.863. The lowest BCUT2D eigenvalue weighted by atomic mass is 9.81. The van der Waals surface area contributed by atoms with Crippen molar-refractivity contribution < 1.29 is 19.1 Å². The predicted octanol–water partition coefficient (Wildman–Crippen LogP) is 3.37. The molecule has 3 fully saturated rings. The number of amides is 3. The molecule has 0 spiro atoms. The summed E-state index contributed by atoms with van der Waals surface area (Å²) < 4.78 is 6.79. The second-order valence-corrected chi connectivity index (χ2v) is 9.69. The van der Waals surface area contributed by atoms with Crippen molar-refractivity contribution in [1.29, 1.82) is 0 Å².